The van der Waals surface area contributed by atoms with Gasteiger partial charge in [0.15, 0.2) is 0 Å². The normalized spacial score (nSPS) is 28.2. The summed E-state index contributed by atoms with van der Waals surface area (Å²) in [5, 5.41) is 0. The number of rotatable bonds is 1. The van der Waals surface area contributed by atoms with E-state index in [9.17, 15) is 9.59 Å². The van der Waals surface area contributed by atoms with Crippen LogP contribution < -0.4 is 0 Å². The summed E-state index contributed by atoms with van der Waals surface area (Å²) in [7, 11) is 1.34. The maximum Gasteiger partial charge on any atom is 0.316 e. The summed E-state index contributed by atoms with van der Waals surface area (Å²) < 4.78 is 4.73. The molecule has 1 spiro atoms. The number of ether oxygens (including phenoxy) is 1. The number of esters is 1. The lowest BCUT2D eigenvalue weighted by Gasteiger charge is -2.38. The van der Waals surface area contributed by atoms with Crippen LogP contribution in [0.3, 0.4) is 0 Å². The van der Waals surface area contributed by atoms with Crippen molar-refractivity contribution in [1.82, 2.24) is 0 Å². The van der Waals surface area contributed by atoms with Gasteiger partial charge in [-0.25, -0.2) is 0 Å². The molecule has 1 aromatic carbocycles. The van der Waals surface area contributed by atoms with Crippen LogP contribution in [0.1, 0.15) is 37.3 Å². The Morgan fingerprint density at radius 2 is 2.10 bits per heavy atom. The van der Waals surface area contributed by atoms with Crippen LogP contribution in [0.15, 0.2) is 29.8 Å². The molecule has 20 heavy (non-hydrogen) atoms. The average molecular weight is 270 g/mol. The Morgan fingerprint density at radius 3 is 2.80 bits per heavy atom. The molecule has 2 unspecified atom stereocenters. The fourth-order valence-corrected chi connectivity index (χ4v) is 3.66. The molecule has 104 valence electrons. The fourth-order valence-electron chi connectivity index (χ4n) is 3.66. The zero-order valence-corrected chi connectivity index (χ0v) is 11.8. The summed E-state index contributed by atoms with van der Waals surface area (Å²) >= 11 is 0. The van der Waals surface area contributed by atoms with Gasteiger partial charge in [0, 0.05) is 11.8 Å². The number of hydrogen-bond donors (Lipinski definition) is 0. The lowest BCUT2D eigenvalue weighted by atomic mass is 9.64. The van der Waals surface area contributed by atoms with Crippen LogP contribution >= 0.6 is 0 Å². The van der Waals surface area contributed by atoms with Gasteiger partial charge in [-0.1, -0.05) is 35.9 Å². The van der Waals surface area contributed by atoms with E-state index in [1.807, 2.05) is 12.1 Å². The van der Waals surface area contributed by atoms with Gasteiger partial charge in [-0.2, -0.15) is 0 Å². The van der Waals surface area contributed by atoms with Crippen molar-refractivity contribution in [2.45, 2.75) is 31.6 Å². The van der Waals surface area contributed by atoms with Crippen LogP contribution in [-0.2, 0) is 19.7 Å². The standard InChI is InChI=1S/C17H18O3/c1-11-9-12-5-3-4-6-14(12)17(11)8-7-13(15(18)10-17)16(19)20-2/h3-6,9,13H,7-8,10H2,1-2H3. The highest BCUT2D eigenvalue weighted by atomic mass is 16.5. The number of carbonyl (C=O) groups is 2. The number of carbonyl (C=O) groups excluding carboxylic acids is 2. The van der Waals surface area contributed by atoms with Crippen molar-refractivity contribution in [2.75, 3.05) is 7.11 Å². The van der Waals surface area contributed by atoms with Crippen LogP contribution in [0, 0.1) is 5.92 Å². The first-order valence-corrected chi connectivity index (χ1v) is 6.97. The van der Waals surface area contributed by atoms with E-state index in [2.05, 4.69) is 25.1 Å². The van der Waals surface area contributed by atoms with E-state index in [1.165, 1.54) is 23.8 Å². The second-order valence-corrected chi connectivity index (χ2v) is 5.75. The number of hydrogen-bond acceptors (Lipinski definition) is 3. The van der Waals surface area contributed by atoms with Gasteiger partial charge < -0.3 is 4.74 Å². The van der Waals surface area contributed by atoms with Crippen molar-refractivity contribution >= 4 is 17.8 Å². The van der Waals surface area contributed by atoms with Crippen LogP contribution in [0.2, 0.25) is 0 Å². The average Bonchev–Trinajstić information content (AvgIpc) is 2.71. The number of ketones is 1. The van der Waals surface area contributed by atoms with E-state index in [0.29, 0.717) is 12.8 Å². The molecule has 2 aliphatic rings. The fraction of sp³-hybridized carbons (Fsp3) is 0.412. The Kier molecular flexibility index (Phi) is 3.00. The van der Waals surface area contributed by atoms with Gasteiger partial charge in [0.1, 0.15) is 11.7 Å². The van der Waals surface area contributed by atoms with Crippen molar-refractivity contribution in [3.05, 3.63) is 41.0 Å². The van der Waals surface area contributed by atoms with Gasteiger partial charge in [0.2, 0.25) is 0 Å². The first-order valence-electron chi connectivity index (χ1n) is 6.97. The molecule has 2 atom stereocenters. The SMILES string of the molecule is COC(=O)C1CCC2(CC1=O)C(C)=Cc1ccccc12. The lowest BCUT2D eigenvalue weighted by Crippen LogP contribution is -2.40. The van der Waals surface area contributed by atoms with E-state index >= 15 is 0 Å². The molecule has 3 heteroatoms. The second kappa shape index (κ2) is 4.58. The summed E-state index contributed by atoms with van der Waals surface area (Å²) in [5.41, 5.74) is 3.47. The quantitative estimate of drug-likeness (QED) is 0.582. The Hall–Kier alpha value is -1.90. The molecule has 1 saturated carbocycles. The minimum atomic E-state index is -0.578. The molecule has 1 fully saturated rings. The Bertz CT molecular complexity index is 614. The smallest absolute Gasteiger partial charge is 0.316 e. The molecule has 0 aliphatic heterocycles. The van der Waals surface area contributed by atoms with Crippen LogP contribution in [-0.4, -0.2) is 18.9 Å². The predicted molar refractivity (Wildman–Crippen MR) is 76.1 cm³/mol. The molecule has 0 amide bonds. The molecule has 0 saturated heterocycles. The molecule has 0 N–H and O–H groups in total. The van der Waals surface area contributed by atoms with Gasteiger partial charge in [-0.3, -0.25) is 9.59 Å². The van der Waals surface area contributed by atoms with E-state index in [0.717, 1.165) is 6.42 Å². The van der Waals surface area contributed by atoms with Crippen LogP contribution in [0.4, 0.5) is 0 Å². The highest BCUT2D eigenvalue weighted by Crippen LogP contribution is 2.50. The number of fused-ring (bicyclic) bond motifs is 2. The Labute approximate surface area is 118 Å². The number of allylic oxidation sites excluding steroid dienone is 1. The third-order valence-electron chi connectivity index (χ3n) is 4.81. The number of methoxy groups -OCH3 is 1. The van der Waals surface area contributed by atoms with E-state index in [-0.39, 0.29) is 11.2 Å². The molecule has 0 aromatic heterocycles. The molecule has 3 nitrogen and oxygen atoms in total. The van der Waals surface area contributed by atoms with E-state index in [4.69, 9.17) is 4.74 Å². The topological polar surface area (TPSA) is 43.4 Å². The molecular weight excluding hydrogens is 252 g/mol. The van der Waals surface area contributed by atoms with Crippen LogP contribution in [0.5, 0.6) is 0 Å². The van der Waals surface area contributed by atoms with E-state index in [1.54, 1.807) is 0 Å². The monoisotopic (exact) mass is 270 g/mol. The van der Waals surface area contributed by atoms with Gasteiger partial charge >= 0.3 is 5.97 Å². The summed E-state index contributed by atoms with van der Waals surface area (Å²) in [6.45, 7) is 2.09. The minimum absolute atomic E-state index is 0.00699. The maximum atomic E-state index is 12.4. The first kappa shape index (κ1) is 13.1. The zero-order valence-electron chi connectivity index (χ0n) is 11.8. The second-order valence-electron chi connectivity index (χ2n) is 5.75. The lowest BCUT2D eigenvalue weighted by molar-refractivity contribution is -0.151. The third kappa shape index (κ3) is 1.73. The molecule has 0 radical (unpaired) electrons. The van der Waals surface area contributed by atoms with Crippen LogP contribution in [0.25, 0.3) is 6.08 Å². The number of benzene rings is 1. The number of Topliss-reactive ketones (excluding diaryl/α,β-unsaturated/α-hetero) is 1. The Balaban J connectivity index is 1.96. The van der Waals surface area contributed by atoms with Gasteiger partial charge in [-0.05, 0) is 30.9 Å². The summed E-state index contributed by atoms with van der Waals surface area (Å²) in [4.78, 5) is 24.0. The largest absolute Gasteiger partial charge is 0.468 e. The minimum Gasteiger partial charge on any atom is -0.468 e. The maximum absolute atomic E-state index is 12.4. The van der Waals surface area contributed by atoms with Crippen molar-refractivity contribution in [1.29, 1.82) is 0 Å². The molecule has 1 aromatic rings. The van der Waals surface area contributed by atoms with Crippen molar-refractivity contribution in [3.8, 4) is 0 Å². The summed E-state index contributed by atoms with van der Waals surface area (Å²) in [6.07, 6.45) is 3.98. The highest BCUT2D eigenvalue weighted by molar-refractivity contribution is 6.01. The molecule has 2 aliphatic carbocycles. The summed E-state index contributed by atoms with van der Waals surface area (Å²) in [6, 6.07) is 8.23. The van der Waals surface area contributed by atoms with Gasteiger partial charge in [0.25, 0.3) is 0 Å². The van der Waals surface area contributed by atoms with Crippen molar-refractivity contribution in [3.63, 3.8) is 0 Å². The van der Waals surface area contributed by atoms with Crippen molar-refractivity contribution < 1.29 is 14.3 Å². The van der Waals surface area contributed by atoms with Gasteiger partial charge in [0.05, 0.1) is 7.11 Å². The molecular formula is C17H18O3. The third-order valence-corrected chi connectivity index (χ3v) is 4.81. The highest BCUT2D eigenvalue weighted by Gasteiger charge is 2.47. The van der Waals surface area contributed by atoms with Gasteiger partial charge in [-0.15, -0.1) is 0 Å². The van der Waals surface area contributed by atoms with E-state index < -0.39 is 11.9 Å². The predicted octanol–water partition coefficient (Wildman–Crippen LogP) is 2.88. The molecule has 0 heterocycles. The van der Waals surface area contributed by atoms with Crippen molar-refractivity contribution in [2.24, 2.45) is 5.92 Å². The molecule has 0 bridgehead atoms. The zero-order chi connectivity index (χ0) is 14.3. The first-order chi connectivity index (χ1) is 9.58. The summed E-state index contributed by atoms with van der Waals surface area (Å²) in [5.74, 6) is -0.962. The molecule has 3 rings (SSSR count). The Morgan fingerprint density at radius 1 is 1.35 bits per heavy atom.